The lowest BCUT2D eigenvalue weighted by Crippen LogP contribution is -2.64. The molecule has 27 heavy (non-hydrogen) atoms. The van der Waals surface area contributed by atoms with Crippen molar-refractivity contribution in [3.8, 4) is 0 Å². The number of carbonyl (C=O) groups excluding carboxylic acids is 2. The quantitative estimate of drug-likeness (QED) is 0.826. The molecule has 7 heteroatoms. The van der Waals surface area contributed by atoms with Crippen molar-refractivity contribution in [1.29, 1.82) is 0 Å². The number of nitrogens with two attached hydrogens (primary N) is 1. The van der Waals surface area contributed by atoms with Crippen LogP contribution in [0.15, 0.2) is 30.3 Å². The highest BCUT2D eigenvalue weighted by molar-refractivity contribution is 5.74. The smallest absolute Gasteiger partial charge is 0.410 e. The molecule has 0 saturated carbocycles. The molecule has 1 aliphatic heterocycles. The molecule has 150 valence electrons. The zero-order valence-electron chi connectivity index (χ0n) is 16.6. The number of benzene rings is 1. The van der Waals surface area contributed by atoms with E-state index in [0.29, 0.717) is 19.5 Å². The Balaban J connectivity index is 2.16. The van der Waals surface area contributed by atoms with Gasteiger partial charge in [-0.1, -0.05) is 30.3 Å². The van der Waals surface area contributed by atoms with Crippen LogP contribution in [-0.2, 0) is 16.0 Å². The summed E-state index contributed by atoms with van der Waals surface area (Å²) in [6, 6.07) is 8.45. The molecule has 0 bridgehead atoms. The van der Waals surface area contributed by atoms with Gasteiger partial charge in [0, 0.05) is 32.6 Å². The van der Waals surface area contributed by atoms with Crippen molar-refractivity contribution in [3.63, 3.8) is 0 Å². The third-order valence-electron chi connectivity index (χ3n) is 4.64. The first-order valence-corrected chi connectivity index (χ1v) is 9.31. The molecule has 1 fully saturated rings. The first kappa shape index (κ1) is 21.2. The number of nitrogens with zero attached hydrogens (tertiary/aromatic N) is 2. The second-order valence-corrected chi connectivity index (χ2v) is 8.05. The van der Waals surface area contributed by atoms with Gasteiger partial charge in [-0.05, 0) is 32.8 Å². The number of carbonyl (C=O) groups is 2. The third-order valence-corrected chi connectivity index (χ3v) is 4.64. The third kappa shape index (κ3) is 5.94. The van der Waals surface area contributed by atoms with E-state index in [1.165, 1.54) is 11.8 Å². The van der Waals surface area contributed by atoms with Gasteiger partial charge in [0.2, 0.25) is 5.91 Å². The van der Waals surface area contributed by atoms with Crippen LogP contribution in [0.3, 0.4) is 0 Å². The molecule has 0 spiro atoms. The summed E-state index contributed by atoms with van der Waals surface area (Å²) in [7, 11) is 0. The molecule has 0 aromatic heterocycles. The number of piperazine rings is 1. The van der Waals surface area contributed by atoms with Gasteiger partial charge >= 0.3 is 6.09 Å². The lowest BCUT2D eigenvalue weighted by molar-refractivity contribution is -0.133. The second-order valence-electron chi connectivity index (χ2n) is 8.05. The number of aliphatic hydroxyl groups excluding tert-OH is 1. The van der Waals surface area contributed by atoms with Gasteiger partial charge < -0.3 is 20.5 Å². The fraction of sp³-hybridized carbons (Fsp3) is 0.600. The van der Waals surface area contributed by atoms with Gasteiger partial charge in [0.15, 0.2) is 0 Å². The molecule has 1 aromatic carbocycles. The van der Waals surface area contributed by atoms with Gasteiger partial charge in [-0.15, -0.1) is 0 Å². The van der Waals surface area contributed by atoms with Crippen molar-refractivity contribution in [2.75, 3.05) is 19.6 Å². The Morgan fingerprint density at radius 3 is 2.44 bits per heavy atom. The Kier molecular flexibility index (Phi) is 6.84. The highest BCUT2D eigenvalue weighted by atomic mass is 16.6. The molecule has 0 aliphatic carbocycles. The summed E-state index contributed by atoms with van der Waals surface area (Å²) in [6.45, 7) is 7.81. The largest absolute Gasteiger partial charge is 0.444 e. The maximum absolute atomic E-state index is 12.6. The topological polar surface area (TPSA) is 96.1 Å². The van der Waals surface area contributed by atoms with Gasteiger partial charge in [0.1, 0.15) is 5.60 Å². The molecule has 2 rings (SSSR count). The van der Waals surface area contributed by atoms with E-state index in [1.54, 1.807) is 25.7 Å². The predicted molar refractivity (Wildman–Crippen MR) is 103 cm³/mol. The molecular formula is C20H31N3O4. The van der Waals surface area contributed by atoms with Crippen LogP contribution in [0.25, 0.3) is 0 Å². The Labute approximate surface area is 161 Å². The van der Waals surface area contributed by atoms with Crippen LogP contribution in [0.2, 0.25) is 0 Å². The lowest BCUT2D eigenvalue weighted by atomic mass is 9.95. The Hall–Kier alpha value is -2.12. The number of hydrogen-bond donors (Lipinski definition) is 2. The van der Waals surface area contributed by atoms with E-state index < -0.39 is 29.9 Å². The number of ether oxygens (including phenoxy) is 1. The predicted octanol–water partition coefficient (Wildman–Crippen LogP) is 1.39. The van der Waals surface area contributed by atoms with Crippen LogP contribution in [0.5, 0.6) is 0 Å². The van der Waals surface area contributed by atoms with E-state index >= 15 is 0 Å². The monoisotopic (exact) mass is 377 g/mol. The summed E-state index contributed by atoms with van der Waals surface area (Å²) in [5, 5.41) is 10.9. The maximum Gasteiger partial charge on any atom is 0.410 e. The zero-order chi connectivity index (χ0) is 20.2. The molecule has 0 radical (unpaired) electrons. The molecule has 1 aromatic rings. The molecule has 3 atom stereocenters. The highest BCUT2D eigenvalue weighted by Gasteiger charge is 2.40. The standard InChI is InChI=1S/C20H31N3O4/c1-14(24)22-10-11-23(19(26)27-20(2,3)4)17(13-22)18(25)16(21)12-15-8-6-5-7-9-15/h5-9,16-18,25H,10-13,21H2,1-4H3/t16-,17-,18+/m1/s1. The normalized spacial score (nSPS) is 20.1. The van der Waals surface area contributed by atoms with E-state index in [1.807, 2.05) is 30.3 Å². The van der Waals surface area contributed by atoms with Crippen molar-refractivity contribution >= 4 is 12.0 Å². The first-order valence-electron chi connectivity index (χ1n) is 9.31. The Morgan fingerprint density at radius 2 is 1.89 bits per heavy atom. The summed E-state index contributed by atoms with van der Waals surface area (Å²) < 4.78 is 5.48. The summed E-state index contributed by atoms with van der Waals surface area (Å²) in [4.78, 5) is 27.6. The minimum atomic E-state index is -0.986. The number of aliphatic hydroxyl groups is 1. The number of amides is 2. The minimum absolute atomic E-state index is 0.0901. The molecular weight excluding hydrogens is 346 g/mol. The summed E-state index contributed by atoms with van der Waals surface area (Å²) in [6.07, 6.45) is -1.01. The summed E-state index contributed by atoms with van der Waals surface area (Å²) >= 11 is 0. The van der Waals surface area contributed by atoms with E-state index in [2.05, 4.69) is 0 Å². The molecule has 2 amide bonds. The maximum atomic E-state index is 12.6. The zero-order valence-corrected chi connectivity index (χ0v) is 16.6. The van der Waals surface area contributed by atoms with Crippen molar-refractivity contribution in [3.05, 3.63) is 35.9 Å². The molecule has 1 heterocycles. The highest BCUT2D eigenvalue weighted by Crippen LogP contribution is 2.20. The van der Waals surface area contributed by atoms with Crippen LogP contribution < -0.4 is 5.73 Å². The van der Waals surface area contributed by atoms with Crippen molar-refractivity contribution < 1.29 is 19.4 Å². The fourth-order valence-electron chi connectivity index (χ4n) is 3.23. The van der Waals surface area contributed by atoms with Crippen LogP contribution >= 0.6 is 0 Å². The van der Waals surface area contributed by atoms with Gasteiger partial charge in [-0.25, -0.2) is 4.79 Å². The van der Waals surface area contributed by atoms with Crippen molar-refractivity contribution in [2.45, 2.75) is 57.9 Å². The number of rotatable bonds is 4. The van der Waals surface area contributed by atoms with Gasteiger partial charge in [-0.3, -0.25) is 9.69 Å². The first-order chi connectivity index (χ1) is 12.6. The summed E-state index contributed by atoms with van der Waals surface area (Å²) in [5.74, 6) is -0.0901. The van der Waals surface area contributed by atoms with E-state index in [0.717, 1.165) is 5.56 Å². The lowest BCUT2D eigenvalue weighted by Gasteiger charge is -2.44. The van der Waals surface area contributed by atoms with E-state index in [-0.39, 0.29) is 12.5 Å². The van der Waals surface area contributed by atoms with Crippen LogP contribution in [-0.4, -0.2) is 70.3 Å². The van der Waals surface area contributed by atoms with Gasteiger partial charge in [0.25, 0.3) is 0 Å². The van der Waals surface area contributed by atoms with Crippen LogP contribution in [0.1, 0.15) is 33.3 Å². The van der Waals surface area contributed by atoms with Crippen LogP contribution in [0.4, 0.5) is 4.79 Å². The van der Waals surface area contributed by atoms with Crippen LogP contribution in [0, 0.1) is 0 Å². The molecule has 7 nitrogen and oxygen atoms in total. The van der Waals surface area contributed by atoms with Gasteiger partial charge in [-0.2, -0.15) is 0 Å². The molecule has 1 aliphatic rings. The van der Waals surface area contributed by atoms with Gasteiger partial charge in [0.05, 0.1) is 12.1 Å². The Morgan fingerprint density at radius 1 is 1.26 bits per heavy atom. The van der Waals surface area contributed by atoms with Crippen molar-refractivity contribution in [1.82, 2.24) is 9.80 Å². The Bertz CT molecular complexity index is 644. The minimum Gasteiger partial charge on any atom is -0.444 e. The van der Waals surface area contributed by atoms with Crippen molar-refractivity contribution in [2.24, 2.45) is 5.73 Å². The number of hydrogen-bond acceptors (Lipinski definition) is 5. The molecule has 0 unspecified atom stereocenters. The average Bonchev–Trinajstić information content (AvgIpc) is 2.59. The average molecular weight is 377 g/mol. The molecule has 1 saturated heterocycles. The SMILES string of the molecule is CC(=O)N1CCN(C(=O)OC(C)(C)C)[C@@H]([C@@H](O)[C@H](N)Cc2ccccc2)C1. The fourth-order valence-corrected chi connectivity index (χ4v) is 3.23. The summed E-state index contributed by atoms with van der Waals surface area (Å²) in [5.41, 5.74) is 6.62. The van der Waals surface area contributed by atoms with E-state index in [9.17, 15) is 14.7 Å². The molecule has 3 N–H and O–H groups in total. The van der Waals surface area contributed by atoms with E-state index in [4.69, 9.17) is 10.5 Å². The second kappa shape index (κ2) is 8.71.